The van der Waals surface area contributed by atoms with Gasteiger partial charge < -0.3 is 14.6 Å². The Bertz CT molecular complexity index is 878. The van der Waals surface area contributed by atoms with Gasteiger partial charge >= 0.3 is 0 Å². The summed E-state index contributed by atoms with van der Waals surface area (Å²) in [6.45, 7) is 2.24. The molecule has 6 nitrogen and oxygen atoms in total. The first kappa shape index (κ1) is 17.9. The van der Waals surface area contributed by atoms with Crippen molar-refractivity contribution in [2.45, 2.75) is 19.9 Å². The molecule has 3 aromatic rings. The molecule has 0 aliphatic carbocycles. The van der Waals surface area contributed by atoms with Crippen molar-refractivity contribution in [1.82, 2.24) is 15.5 Å². The van der Waals surface area contributed by atoms with E-state index in [9.17, 15) is 4.79 Å². The highest BCUT2D eigenvalue weighted by atomic mass is 35.5. The number of hydrogen-bond donors (Lipinski definition) is 1. The average molecular weight is 372 g/mol. The summed E-state index contributed by atoms with van der Waals surface area (Å²) in [7, 11) is 0. The smallest absolute Gasteiger partial charge is 0.258 e. The molecule has 0 aliphatic heterocycles. The molecule has 0 atom stereocenters. The molecule has 0 saturated heterocycles. The maximum atomic E-state index is 11.9. The van der Waals surface area contributed by atoms with Crippen LogP contribution >= 0.6 is 11.6 Å². The topological polar surface area (TPSA) is 77.2 Å². The lowest BCUT2D eigenvalue weighted by Gasteiger charge is -2.08. The fourth-order valence-corrected chi connectivity index (χ4v) is 2.45. The molecular formula is C19H18ClN3O3. The van der Waals surface area contributed by atoms with E-state index in [2.05, 4.69) is 15.5 Å². The van der Waals surface area contributed by atoms with Gasteiger partial charge in [-0.3, -0.25) is 4.79 Å². The van der Waals surface area contributed by atoms with Crippen LogP contribution in [-0.4, -0.2) is 22.7 Å². The molecule has 0 spiro atoms. The number of aryl methyl sites for hydroxylation is 1. The molecule has 0 unspecified atom stereocenters. The van der Waals surface area contributed by atoms with Crippen LogP contribution in [0, 0.1) is 0 Å². The van der Waals surface area contributed by atoms with Crippen molar-refractivity contribution in [2.24, 2.45) is 0 Å². The molecule has 0 radical (unpaired) electrons. The summed E-state index contributed by atoms with van der Waals surface area (Å²) in [6.07, 6.45) is 0.716. The van der Waals surface area contributed by atoms with Gasteiger partial charge in [0.15, 0.2) is 12.4 Å². The third kappa shape index (κ3) is 4.61. The maximum Gasteiger partial charge on any atom is 0.258 e. The number of ether oxygens (including phenoxy) is 1. The molecule has 0 fully saturated rings. The van der Waals surface area contributed by atoms with Gasteiger partial charge in [-0.2, -0.15) is 4.98 Å². The Kier molecular flexibility index (Phi) is 5.86. The van der Waals surface area contributed by atoms with Gasteiger partial charge in [-0.05, 0) is 35.9 Å². The molecular weight excluding hydrogens is 354 g/mol. The summed E-state index contributed by atoms with van der Waals surface area (Å²) in [5.74, 6) is 1.48. The van der Waals surface area contributed by atoms with E-state index in [1.165, 1.54) is 0 Å². The van der Waals surface area contributed by atoms with E-state index in [1.807, 2.05) is 37.3 Å². The average Bonchev–Trinajstić information content (AvgIpc) is 3.15. The summed E-state index contributed by atoms with van der Waals surface area (Å²) in [5, 5.41) is 7.26. The Balaban J connectivity index is 1.50. The van der Waals surface area contributed by atoms with E-state index in [1.54, 1.807) is 18.2 Å². The molecule has 134 valence electrons. The van der Waals surface area contributed by atoms with Crippen LogP contribution in [0.3, 0.4) is 0 Å². The van der Waals surface area contributed by atoms with Crippen LogP contribution < -0.4 is 10.1 Å². The van der Waals surface area contributed by atoms with Gasteiger partial charge in [0.25, 0.3) is 11.8 Å². The number of hydrogen-bond acceptors (Lipinski definition) is 5. The fraction of sp³-hybridized carbons (Fsp3) is 0.211. The van der Waals surface area contributed by atoms with Crippen molar-refractivity contribution in [2.75, 3.05) is 6.61 Å². The number of rotatable bonds is 7. The van der Waals surface area contributed by atoms with E-state index < -0.39 is 0 Å². The molecule has 0 aliphatic rings. The third-order valence-corrected chi connectivity index (χ3v) is 4.06. The second kappa shape index (κ2) is 8.49. The van der Waals surface area contributed by atoms with Gasteiger partial charge in [0, 0.05) is 23.6 Å². The Labute approximate surface area is 156 Å². The first-order chi connectivity index (χ1) is 12.7. The second-order valence-corrected chi connectivity index (χ2v) is 5.96. The second-order valence-electron chi connectivity index (χ2n) is 5.55. The SMILES string of the molecule is CCc1noc(-c2ccc(OCC(=O)NCc3ccccc3Cl)cc2)n1. The Morgan fingerprint density at radius 3 is 2.65 bits per heavy atom. The lowest BCUT2D eigenvalue weighted by atomic mass is 10.2. The first-order valence-corrected chi connectivity index (χ1v) is 8.59. The zero-order valence-electron chi connectivity index (χ0n) is 14.2. The molecule has 2 aromatic carbocycles. The van der Waals surface area contributed by atoms with Crippen molar-refractivity contribution < 1.29 is 14.1 Å². The highest BCUT2D eigenvalue weighted by Crippen LogP contribution is 2.21. The van der Waals surface area contributed by atoms with E-state index in [-0.39, 0.29) is 12.5 Å². The molecule has 0 bridgehead atoms. The van der Waals surface area contributed by atoms with Gasteiger partial charge in [-0.1, -0.05) is 41.9 Å². The van der Waals surface area contributed by atoms with E-state index in [0.717, 1.165) is 11.1 Å². The summed E-state index contributed by atoms with van der Waals surface area (Å²) >= 11 is 6.06. The normalized spacial score (nSPS) is 10.5. The van der Waals surface area contributed by atoms with Gasteiger partial charge in [-0.25, -0.2) is 0 Å². The van der Waals surface area contributed by atoms with Crippen LogP contribution in [0.4, 0.5) is 0 Å². The van der Waals surface area contributed by atoms with Gasteiger partial charge in [0.05, 0.1) is 0 Å². The van der Waals surface area contributed by atoms with Crippen molar-refractivity contribution in [1.29, 1.82) is 0 Å². The number of halogens is 1. The number of aromatic nitrogens is 2. The van der Waals surface area contributed by atoms with Crippen LogP contribution in [0.2, 0.25) is 5.02 Å². The van der Waals surface area contributed by atoms with Crippen molar-refractivity contribution in [3.05, 3.63) is 64.9 Å². The maximum absolute atomic E-state index is 11.9. The largest absolute Gasteiger partial charge is 0.484 e. The van der Waals surface area contributed by atoms with Crippen LogP contribution in [0.15, 0.2) is 53.1 Å². The lowest BCUT2D eigenvalue weighted by Crippen LogP contribution is -2.28. The predicted molar refractivity (Wildman–Crippen MR) is 97.9 cm³/mol. The number of carbonyl (C=O) groups is 1. The zero-order chi connectivity index (χ0) is 18.4. The van der Waals surface area contributed by atoms with Crippen molar-refractivity contribution >= 4 is 17.5 Å². The molecule has 26 heavy (non-hydrogen) atoms. The number of nitrogens with one attached hydrogen (secondary N) is 1. The fourth-order valence-electron chi connectivity index (χ4n) is 2.24. The Hall–Kier alpha value is -2.86. The van der Waals surface area contributed by atoms with Crippen LogP contribution in [-0.2, 0) is 17.8 Å². The molecule has 1 aromatic heterocycles. The third-order valence-electron chi connectivity index (χ3n) is 3.69. The predicted octanol–water partition coefficient (Wildman–Crippen LogP) is 3.65. The molecule has 7 heteroatoms. The van der Waals surface area contributed by atoms with Gasteiger partial charge in [0.1, 0.15) is 5.75 Å². The first-order valence-electron chi connectivity index (χ1n) is 8.21. The van der Waals surface area contributed by atoms with E-state index in [0.29, 0.717) is 35.5 Å². The van der Waals surface area contributed by atoms with E-state index >= 15 is 0 Å². The van der Waals surface area contributed by atoms with Crippen LogP contribution in [0.25, 0.3) is 11.5 Å². The molecule has 1 heterocycles. The number of carbonyl (C=O) groups excluding carboxylic acids is 1. The number of benzene rings is 2. The molecule has 0 saturated carbocycles. The summed E-state index contributed by atoms with van der Waals surface area (Å²) in [5.41, 5.74) is 1.66. The quantitative estimate of drug-likeness (QED) is 0.686. The van der Waals surface area contributed by atoms with Crippen LogP contribution in [0.1, 0.15) is 18.3 Å². The van der Waals surface area contributed by atoms with Gasteiger partial charge in [0.2, 0.25) is 0 Å². The van der Waals surface area contributed by atoms with E-state index in [4.69, 9.17) is 20.9 Å². The zero-order valence-corrected chi connectivity index (χ0v) is 15.0. The minimum absolute atomic E-state index is 0.0790. The summed E-state index contributed by atoms with van der Waals surface area (Å²) in [4.78, 5) is 16.2. The molecule has 1 amide bonds. The Morgan fingerprint density at radius 2 is 1.96 bits per heavy atom. The standard InChI is InChI=1S/C19H18ClN3O3/c1-2-17-22-19(26-23-17)13-7-9-15(10-8-13)25-12-18(24)21-11-14-5-3-4-6-16(14)20/h3-10H,2,11-12H2,1H3,(H,21,24). The highest BCUT2D eigenvalue weighted by molar-refractivity contribution is 6.31. The minimum atomic E-state index is -0.224. The molecule has 1 N–H and O–H groups in total. The van der Waals surface area contributed by atoms with Crippen molar-refractivity contribution in [3.63, 3.8) is 0 Å². The van der Waals surface area contributed by atoms with Crippen molar-refractivity contribution in [3.8, 4) is 17.2 Å². The minimum Gasteiger partial charge on any atom is -0.484 e. The summed E-state index contributed by atoms with van der Waals surface area (Å²) in [6, 6.07) is 14.5. The monoisotopic (exact) mass is 371 g/mol. The number of nitrogens with zero attached hydrogens (tertiary/aromatic N) is 2. The highest BCUT2D eigenvalue weighted by Gasteiger charge is 2.08. The van der Waals surface area contributed by atoms with Gasteiger partial charge in [-0.15, -0.1) is 0 Å². The number of amides is 1. The molecule has 3 rings (SSSR count). The Morgan fingerprint density at radius 1 is 1.19 bits per heavy atom. The summed E-state index contributed by atoms with van der Waals surface area (Å²) < 4.78 is 10.7. The van der Waals surface area contributed by atoms with Crippen LogP contribution in [0.5, 0.6) is 5.75 Å². The lowest BCUT2D eigenvalue weighted by molar-refractivity contribution is -0.123.